The van der Waals surface area contributed by atoms with Gasteiger partial charge in [-0.1, -0.05) is 0 Å². The van der Waals surface area contributed by atoms with Crippen LogP contribution in [0.4, 0.5) is 0 Å². The minimum atomic E-state index is -0.318. The molecule has 0 aromatic carbocycles. The van der Waals surface area contributed by atoms with Crippen LogP contribution in [0.15, 0.2) is 11.1 Å². The Morgan fingerprint density at radius 1 is 1.44 bits per heavy atom. The van der Waals surface area contributed by atoms with Crippen molar-refractivity contribution >= 4 is 0 Å². The molecule has 1 fully saturated rings. The number of aromatic amines is 1. The summed E-state index contributed by atoms with van der Waals surface area (Å²) in [6.07, 6.45) is 3.25. The quantitative estimate of drug-likeness (QED) is 0.751. The minimum absolute atomic E-state index is 0.101. The predicted octanol–water partition coefficient (Wildman–Crippen LogP) is -0.0907. The summed E-state index contributed by atoms with van der Waals surface area (Å²) in [6.45, 7) is 1.85. The van der Waals surface area contributed by atoms with Crippen LogP contribution in [0.5, 0.6) is 11.6 Å². The maximum atomic E-state index is 11.4. The Balaban J connectivity index is 2.13. The number of hydrogen-bond donors (Lipinski definition) is 2. The number of hydrogen-bond acceptors (Lipinski definition) is 5. The molecule has 1 aliphatic rings. The van der Waals surface area contributed by atoms with Crippen LogP contribution in [0.3, 0.4) is 0 Å². The molecule has 2 rings (SSSR count). The predicted molar refractivity (Wildman–Crippen MR) is 57.9 cm³/mol. The van der Waals surface area contributed by atoms with Gasteiger partial charge in [-0.15, -0.1) is 0 Å². The molecule has 0 spiro atoms. The van der Waals surface area contributed by atoms with E-state index in [1.165, 1.54) is 13.4 Å². The molecule has 0 unspecified atom stereocenters. The van der Waals surface area contributed by atoms with E-state index in [0.29, 0.717) is 0 Å². The Kier molecular flexibility index (Phi) is 3.40. The largest absolute Gasteiger partial charge is 0.487 e. The Labute approximate surface area is 93.0 Å². The lowest BCUT2D eigenvalue weighted by atomic mass is 10.1. The van der Waals surface area contributed by atoms with Crippen LogP contribution >= 0.6 is 0 Å². The highest BCUT2D eigenvalue weighted by Crippen LogP contribution is 2.21. The summed E-state index contributed by atoms with van der Waals surface area (Å²) >= 11 is 0. The third-order valence-electron chi connectivity index (χ3n) is 2.55. The Hall–Kier alpha value is -1.56. The van der Waals surface area contributed by atoms with Gasteiger partial charge < -0.3 is 19.8 Å². The van der Waals surface area contributed by atoms with Crippen molar-refractivity contribution in [2.75, 3.05) is 20.2 Å². The van der Waals surface area contributed by atoms with Crippen LogP contribution in [0, 0.1) is 0 Å². The summed E-state index contributed by atoms with van der Waals surface area (Å²) in [6, 6.07) is 0. The molecule has 0 radical (unpaired) electrons. The number of nitrogens with one attached hydrogen (secondary N) is 2. The summed E-state index contributed by atoms with van der Waals surface area (Å²) in [5.41, 5.74) is -0.318. The third kappa shape index (κ3) is 2.33. The van der Waals surface area contributed by atoms with Crippen molar-refractivity contribution in [3.63, 3.8) is 0 Å². The van der Waals surface area contributed by atoms with Crippen LogP contribution in [-0.2, 0) is 0 Å². The fourth-order valence-electron chi connectivity index (χ4n) is 1.71. The standard InChI is InChI=1S/C10H15N3O3/c1-15-8-9(14)12-6-13-10(8)16-7-2-4-11-5-3-7/h6-7,11H,2-5H2,1H3,(H,12,13,14). The lowest BCUT2D eigenvalue weighted by Crippen LogP contribution is -2.34. The van der Waals surface area contributed by atoms with Crippen molar-refractivity contribution in [2.45, 2.75) is 18.9 Å². The summed E-state index contributed by atoms with van der Waals surface area (Å²) in [5, 5.41) is 3.24. The molecule has 88 valence electrons. The first kappa shape index (κ1) is 10.9. The van der Waals surface area contributed by atoms with E-state index in [4.69, 9.17) is 9.47 Å². The Bertz CT molecular complexity index is 399. The van der Waals surface area contributed by atoms with Crippen LogP contribution in [0.2, 0.25) is 0 Å². The second-order valence-corrected chi connectivity index (χ2v) is 3.64. The molecule has 1 aromatic heterocycles. The lowest BCUT2D eigenvalue weighted by molar-refractivity contribution is 0.149. The monoisotopic (exact) mass is 225 g/mol. The molecule has 6 heteroatoms. The van der Waals surface area contributed by atoms with Gasteiger partial charge in [0.15, 0.2) is 0 Å². The summed E-state index contributed by atoms with van der Waals surface area (Å²) < 4.78 is 10.6. The van der Waals surface area contributed by atoms with Gasteiger partial charge in [-0.3, -0.25) is 4.79 Å². The molecule has 1 saturated heterocycles. The molecule has 0 amide bonds. The highest BCUT2D eigenvalue weighted by atomic mass is 16.5. The zero-order valence-electron chi connectivity index (χ0n) is 9.16. The molecule has 2 N–H and O–H groups in total. The van der Waals surface area contributed by atoms with Gasteiger partial charge in [0.1, 0.15) is 6.10 Å². The number of rotatable bonds is 3. The van der Waals surface area contributed by atoms with Gasteiger partial charge in [0.05, 0.1) is 13.4 Å². The smallest absolute Gasteiger partial charge is 0.297 e. The summed E-state index contributed by atoms with van der Waals surface area (Å²) in [5.74, 6) is 0.416. The average Bonchev–Trinajstić information content (AvgIpc) is 2.31. The molecule has 0 atom stereocenters. The molecule has 16 heavy (non-hydrogen) atoms. The van der Waals surface area contributed by atoms with E-state index in [1.807, 2.05) is 0 Å². The van der Waals surface area contributed by atoms with E-state index < -0.39 is 0 Å². The molecule has 6 nitrogen and oxygen atoms in total. The van der Waals surface area contributed by atoms with E-state index >= 15 is 0 Å². The van der Waals surface area contributed by atoms with Crippen molar-refractivity contribution in [1.82, 2.24) is 15.3 Å². The van der Waals surface area contributed by atoms with E-state index in [9.17, 15) is 4.79 Å². The fraction of sp³-hybridized carbons (Fsp3) is 0.600. The normalized spacial score (nSPS) is 17.1. The Morgan fingerprint density at radius 2 is 2.19 bits per heavy atom. The van der Waals surface area contributed by atoms with Gasteiger partial charge in [0, 0.05) is 0 Å². The molecule has 1 aliphatic heterocycles. The fourth-order valence-corrected chi connectivity index (χ4v) is 1.71. The van der Waals surface area contributed by atoms with Crippen molar-refractivity contribution in [2.24, 2.45) is 0 Å². The SMILES string of the molecule is COc1c(OC2CCNCC2)nc[nH]c1=O. The van der Waals surface area contributed by atoms with E-state index in [2.05, 4.69) is 15.3 Å². The first-order valence-electron chi connectivity index (χ1n) is 5.30. The van der Waals surface area contributed by atoms with Crippen molar-refractivity contribution in [1.29, 1.82) is 0 Å². The van der Waals surface area contributed by atoms with Crippen LogP contribution in [0.1, 0.15) is 12.8 Å². The van der Waals surface area contributed by atoms with Gasteiger partial charge in [-0.2, -0.15) is 0 Å². The molecular weight excluding hydrogens is 210 g/mol. The molecule has 0 saturated carbocycles. The van der Waals surface area contributed by atoms with Crippen LogP contribution < -0.4 is 20.3 Å². The molecular formula is C10H15N3O3. The number of aromatic nitrogens is 2. The topological polar surface area (TPSA) is 76.2 Å². The van der Waals surface area contributed by atoms with Gasteiger partial charge in [-0.25, -0.2) is 4.98 Å². The van der Waals surface area contributed by atoms with Crippen LogP contribution in [-0.4, -0.2) is 36.3 Å². The molecule has 0 aliphatic carbocycles. The van der Waals surface area contributed by atoms with Crippen molar-refractivity contribution in [3.05, 3.63) is 16.7 Å². The first-order valence-corrected chi connectivity index (χ1v) is 5.30. The number of piperidine rings is 1. The summed E-state index contributed by atoms with van der Waals surface area (Å²) in [7, 11) is 1.43. The van der Waals surface area contributed by atoms with E-state index in [1.54, 1.807) is 0 Å². The maximum absolute atomic E-state index is 11.4. The van der Waals surface area contributed by atoms with Crippen LogP contribution in [0.25, 0.3) is 0 Å². The third-order valence-corrected chi connectivity index (χ3v) is 2.55. The molecule has 2 heterocycles. The number of ether oxygens (including phenoxy) is 2. The van der Waals surface area contributed by atoms with Gasteiger partial charge in [0.2, 0.25) is 5.75 Å². The lowest BCUT2D eigenvalue weighted by Gasteiger charge is -2.23. The summed E-state index contributed by atoms with van der Waals surface area (Å²) in [4.78, 5) is 17.8. The van der Waals surface area contributed by atoms with E-state index in [0.717, 1.165) is 25.9 Å². The highest BCUT2D eigenvalue weighted by Gasteiger charge is 2.18. The maximum Gasteiger partial charge on any atom is 0.297 e. The number of methoxy groups -OCH3 is 1. The van der Waals surface area contributed by atoms with Gasteiger partial charge >= 0.3 is 0 Å². The Morgan fingerprint density at radius 3 is 2.88 bits per heavy atom. The number of nitrogens with zero attached hydrogens (tertiary/aromatic N) is 1. The average molecular weight is 225 g/mol. The van der Waals surface area contributed by atoms with Gasteiger partial charge in [-0.05, 0) is 25.9 Å². The van der Waals surface area contributed by atoms with Gasteiger partial charge in [0.25, 0.3) is 11.4 Å². The van der Waals surface area contributed by atoms with Crippen molar-refractivity contribution < 1.29 is 9.47 Å². The zero-order valence-corrected chi connectivity index (χ0v) is 9.16. The second-order valence-electron chi connectivity index (χ2n) is 3.64. The minimum Gasteiger partial charge on any atom is -0.487 e. The second kappa shape index (κ2) is 4.98. The first-order chi connectivity index (χ1) is 7.81. The molecule has 0 bridgehead atoms. The zero-order chi connectivity index (χ0) is 11.4. The number of H-pyrrole nitrogens is 1. The van der Waals surface area contributed by atoms with E-state index in [-0.39, 0.29) is 23.3 Å². The van der Waals surface area contributed by atoms with Crippen molar-refractivity contribution in [3.8, 4) is 11.6 Å². The molecule has 1 aromatic rings. The highest BCUT2D eigenvalue weighted by molar-refractivity contribution is 5.29.